The predicted octanol–water partition coefficient (Wildman–Crippen LogP) is 5.63. The fourth-order valence-electron chi connectivity index (χ4n) is 3.69. The summed E-state index contributed by atoms with van der Waals surface area (Å²) in [5.41, 5.74) is 1.08. The maximum Gasteiger partial charge on any atom is 0.264 e. The second kappa shape index (κ2) is 13.3. The molecule has 2 atom stereocenters. The van der Waals surface area contributed by atoms with Crippen LogP contribution in [0, 0.1) is 0 Å². The smallest absolute Gasteiger partial charge is 0.264 e. The molecule has 10 heteroatoms. The van der Waals surface area contributed by atoms with Gasteiger partial charge in [0.1, 0.15) is 12.6 Å². The lowest BCUT2D eigenvalue weighted by atomic mass is 10.1. The van der Waals surface area contributed by atoms with E-state index in [1.54, 1.807) is 49.4 Å². The summed E-state index contributed by atoms with van der Waals surface area (Å²) in [7, 11) is -4.11. The molecule has 0 spiro atoms. The SMILES string of the molecule is CC[C@H](C)NC(=O)[C@@H](C)N(Cc1ccc(Br)cc1)C(=O)CN(c1ccc(Cl)cc1)S(=O)(=O)c1ccccc1. The molecule has 3 aromatic rings. The van der Waals surface area contributed by atoms with E-state index < -0.39 is 28.5 Å². The van der Waals surface area contributed by atoms with Gasteiger partial charge in [-0.1, -0.05) is 64.8 Å². The molecular formula is C28H31BrClN3O4S. The molecule has 38 heavy (non-hydrogen) atoms. The zero-order valence-corrected chi connectivity index (χ0v) is 24.6. The number of carbonyl (C=O) groups excluding carboxylic acids is 2. The maximum absolute atomic E-state index is 13.8. The molecular weight excluding hydrogens is 590 g/mol. The molecule has 0 aliphatic heterocycles. The highest BCUT2D eigenvalue weighted by molar-refractivity contribution is 9.10. The summed E-state index contributed by atoms with van der Waals surface area (Å²) in [5, 5.41) is 3.35. The fraction of sp³-hybridized carbons (Fsp3) is 0.286. The van der Waals surface area contributed by atoms with Crippen LogP contribution in [0.4, 0.5) is 5.69 Å². The summed E-state index contributed by atoms with van der Waals surface area (Å²) < 4.78 is 29.3. The third-order valence-electron chi connectivity index (χ3n) is 6.16. The molecule has 202 valence electrons. The van der Waals surface area contributed by atoms with Crippen molar-refractivity contribution < 1.29 is 18.0 Å². The molecule has 0 fully saturated rings. The van der Waals surface area contributed by atoms with Gasteiger partial charge in [-0.25, -0.2) is 8.42 Å². The van der Waals surface area contributed by atoms with Crippen LogP contribution in [0.5, 0.6) is 0 Å². The number of rotatable bonds is 11. The van der Waals surface area contributed by atoms with Crippen LogP contribution in [0.2, 0.25) is 5.02 Å². The van der Waals surface area contributed by atoms with Crippen molar-refractivity contribution >= 4 is 55.1 Å². The van der Waals surface area contributed by atoms with Gasteiger partial charge in [0, 0.05) is 22.1 Å². The largest absolute Gasteiger partial charge is 0.352 e. The summed E-state index contributed by atoms with van der Waals surface area (Å²) in [6, 6.07) is 20.6. The van der Waals surface area contributed by atoms with Gasteiger partial charge in [0.25, 0.3) is 10.0 Å². The first-order chi connectivity index (χ1) is 18.0. The number of amides is 2. The first-order valence-electron chi connectivity index (χ1n) is 12.2. The highest BCUT2D eigenvalue weighted by Crippen LogP contribution is 2.26. The van der Waals surface area contributed by atoms with Crippen LogP contribution in [0.3, 0.4) is 0 Å². The van der Waals surface area contributed by atoms with Crippen molar-refractivity contribution in [3.8, 4) is 0 Å². The van der Waals surface area contributed by atoms with Gasteiger partial charge in [0.2, 0.25) is 11.8 Å². The number of sulfonamides is 1. The molecule has 3 aromatic carbocycles. The number of nitrogens with zero attached hydrogens (tertiary/aromatic N) is 2. The van der Waals surface area contributed by atoms with Crippen LogP contribution in [0.25, 0.3) is 0 Å². The van der Waals surface area contributed by atoms with Crippen molar-refractivity contribution in [2.45, 2.75) is 50.7 Å². The monoisotopic (exact) mass is 619 g/mol. The Morgan fingerprint density at radius 2 is 1.55 bits per heavy atom. The van der Waals surface area contributed by atoms with Crippen molar-refractivity contribution in [1.29, 1.82) is 0 Å². The Balaban J connectivity index is 2.00. The standard InChI is InChI=1S/C28H31BrClN3O4S/c1-4-20(2)31-28(35)21(3)32(18-22-10-12-23(29)13-11-22)27(34)19-33(25-16-14-24(30)15-17-25)38(36,37)26-8-6-5-7-9-26/h5-17,20-21H,4,18-19H2,1-3H3,(H,31,35)/t20-,21+/m0/s1. The summed E-state index contributed by atoms with van der Waals surface area (Å²) in [4.78, 5) is 28.4. The molecule has 0 aromatic heterocycles. The maximum atomic E-state index is 13.8. The van der Waals surface area contributed by atoms with E-state index in [9.17, 15) is 18.0 Å². The van der Waals surface area contributed by atoms with E-state index in [4.69, 9.17) is 11.6 Å². The lowest BCUT2D eigenvalue weighted by molar-refractivity contribution is -0.139. The molecule has 1 N–H and O–H groups in total. The Morgan fingerprint density at radius 1 is 0.947 bits per heavy atom. The van der Waals surface area contributed by atoms with Gasteiger partial charge in [0.15, 0.2) is 0 Å². The van der Waals surface area contributed by atoms with Gasteiger partial charge in [0.05, 0.1) is 10.6 Å². The Labute approximate surface area is 238 Å². The third kappa shape index (κ3) is 7.58. The van der Waals surface area contributed by atoms with Gasteiger partial charge < -0.3 is 10.2 Å². The molecule has 0 radical (unpaired) electrons. The minimum absolute atomic E-state index is 0.0461. The second-order valence-corrected chi connectivity index (χ2v) is 12.2. The zero-order chi connectivity index (χ0) is 27.9. The number of anilines is 1. The van der Waals surface area contributed by atoms with Crippen molar-refractivity contribution in [2.24, 2.45) is 0 Å². The molecule has 0 heterocycles. The van der Waals surface area contributed by atoms with Crippen LogP contribution in [-0.2, 0) is 26.2 Å². The van der Waals surface area contributed by atoms with Gasteiger partial charge >= 0.3 is 0 Å². The highest BCUT2D eigenvalue weighted by atomic mass is 79.9. The zero-order valence-electron chi connectivity index (χ0n) is 21.5. The second-order valence-electron chi connectivity index (χ2n) is 8.94. The van der Waals surface area contributed by atoms with Crippen molar-refractivity contribution in [3.63, 3.8) is 0 Å². The number of hydrogen-bond acceptors (Lipinski definition) is 4. The minimum Gasteiger partial charge on any atom is -0.352 e. The summed E-state index contributed by atoms with van der Waals surface area (Å²) >= 11 is 9.45. The quantitative estimate of drug-likeness (QED) is 0.301. The molecule has 3 rings (SSSR count). The van der Waals surface area contributed by atoms with Crippen LogP contribution >= 0.6 is 27.5 Å². The van der Waals surface area contributed by atoms with Crippen LogP contribution in [-0.4, -0.2) is 43.8 Å². The lowest BCUT2D eigenvalue weighted by Crippen LogP contribution is -2.52. The fourth-order valence-corrected chi connectivity index (χ4v) is 5.52. The van der Waals surface area contributed by atoms with E-state index in [-0.39, 0.29) is 29.1 Å². The van der Waals surface area contributed by atoms with E-state index in [1.807, 2.05) is 38.1 Å². The summed E-state index contributed by atoms with van der Waals surface area (Å²) in [6.45, 7) is 5.11. The topological polar surface area (TPSA) is 86.8 Å². The highest BCUT2D eigenvalue weighted by Gasteiger charge is 2.32. The number of halogens is 2. The Bertz CT molecular complexity index is 1340. The normalized spacial score (nSPS) is 12.9. The van der Waals surface area contributed by atoms with Gasteiger partial charge in [-0.05, 0) is 74.4 Å². The van der Waals surface area contributed by atoms with E-state index in [0.717, 1.165) is 20.8 Å². The van der Waals surface area contributed by atoms with E-state index in [2.05, 4.69) is 21.2 Å². The van der Waals surface area contributed by atoms with Crippen molar-refractivity contribution in [3.05, 3.63) is 93.9 Å². The van der Waals surface area contributed by atoms with Crippen LogP contribution in [0.1, 0.15) is 32.8 Å². The van der Waals surface area contributed by atoms with E-state index in [1.165, 1.54) is 17.0 Å². The average molecular weight is 621 g/mol. The van der Waals surface area contributed by atoms with Gasteiger partial charge in [-0.3, -0.25) is 13.9 Å². The Hall–Kier alpha value is -2.88. The third-order valence-corrected chi connectivity index (χ3v) is 8.73. The van der Waals surface area contributed by atoms with Crippen LogP contribution < -0.4 is 9.62 Å². The van der Waals surface area contributed by atoms with Gasteiger partial charge in [-0.2, -0.15) is 0 Å². The first-order valence-corrected chi connectivity index (χ1v) is 14.8. The number of carbonyl (C=O) groups is 2. The Kier molecular flexibility index (Phi) is 10.4. The molecule has 0 aliphatic rings. The van der Waals surface area contributed by atoms with Gasteiger partial charge in [-0.15, -0.1) is 0 Å². The number of hydrogen-bond donors (Lipinski definition) is 1. The molecule has 0 bridgehead atoms. The van der Waals surface area contributed by atoms with E-state index in [0.29, 0.717) is 5.02 Å². The molecule has 0 saturated heterocycles. The van der Waals surface area contributed by atoms with Crippen LogP contribution in [0.15, 0.2) is 88.2 Å². The van der Waals surface area contributed by atoms with Crippen molar-refractivity contribution in [1.82, 2.24) is 10.2 Å². The summed E-state index contributed by atoms with van der Waals surface area (Å²) in [6.07, 6.45) is 0.735. The Morgan fingerprint density at radius 3 is 2.13 bits per heavy atom. The number of benzene rings is 3. The average Bonchev–Trinajstić information content (AvgIpc) is 2.91. The predicted molar refractivity (Wildman–Crippen MR) is 154 cm³/mol. The first kappa shape index (κ1) is 29.7. The van der Waals surface area contributed by atoms with E-state index >= 15 is 0 Å². The molecule has 7 nitrogen and oxygen atoms in total. The molecule has 0 unspecified atom stereocenters. The van der Waals surface area contributed by atoms with Crippen molar-refractivity contribution in [2.75, 3.05) is 10.8 Å². The summed E-state index contributed by atoms with van der Waals surface area (Å²) in [5.74, 6) is -0.831. The minimum atomic E-state index is -4.11. The number of nitrogens with one attached hydrogen (secondary N) is 1. The molecule has 2 amide bonds. The molecule has 0 saturated carbocycles. The molecule has 0 aliphatic carbocycles. The lowest BCUT2D eigenvalue weighted by Gasteiger charge is -2.32.